The maximum absolute atomic E-state index is 12.9. The number of ether oxygens (including phenoxy) is 1. The summed E-state index contributed by atoms with van der Waals surface area (Å²) in [4.78, 5) is 27.6. The number of nitrogens with one attached hydrogen (secondary N) is 1. The predicted molar refractivity (Wildman–Crippen MR) is 120 cm³/mol. The van der Waals surface area contributed by atoms with Crippen LogP contribution in [0.25, 0.3) is 21.7 Å². The Morgan fingerprint density at radius 2 is 1.97 bits per heavy atom. The van der Waals surface area contributed by atoms with Crippen molar-refractivity contribution >= 4 is 34.3 Å². The first-order valence-corrected chi connectivity index (χ1v) is 11.0. The highest BCUT2D eigenvalue weighted by atomic mass is 32.1. The topological polar surface area (TPSA) is 99.8 Å². The number of nitrogens with zero attached hydrogens (tertiary/aromatic N) is 6. The molecular formula is C21H23N7O2S. The number of fused-ring (bicyclic) bond motifs is 1. The van der Waals surface area contributed by atoms with Crippen LogP contribution < -0.4 is 11.0 Å². The van der Waals surface area contributed by atoms with Gasteiger partial charge in [-0.15, -0.1) is 0 Å². The molecule has 0 saturated carbocycles. The van der Waals surface area contributed by atoms with E-state index >= 15 is 0 Å². The lowest BCUT2D eigenvalue weighted by atomic mass is 10.1. The van der Waals surface area contributed by atoms with Crippen LogP contribution in [0.15, 0.2) is 29.3 Å². The van der Waals surface area contributed by atoms with Gasteiger partial charge < -0.3 is 10.1 Å². The number of anilines is 2. The van der Waals surface area contributed by atoms with Crippen LogP contribution in [0.2, 0.25) is 0 Å². The molecule has 1 saturated heterocycles. The van der Waals surface area contributed by atoms with Crippen molar-refractivity contribution in [1.82, 2.24) is 28.5 Å². The highest BCUT2D eigenvalue weighted by molar-refractivity contribution is 7.09. The third kappa shape index (κ3) is 3.61. The fourth-order valence-corrected chi connectivity index (χ4v) is 4.62. The molecule has 5 heterocycles. The summed E-state index contributed by atoms with van der Waals surface area (Å²) >= 11 is 1.44. The van der Waals surface area contributed by atoms with Gasteiger partial charge in [-0.25, -0.2) is 9.78 Å². The van der Waals surface area contributed by atoms with Gasteiger partial charge >= 0.3 is 5.69 Å². The summed E-state index contributed by atoms with van der Waals surface area (Å²) in [5.74, 6) is 0.435. The summed E-state index contributed by atoms with van der Waals surface area (Å²) in [5, 5.41) is 3.26. The first-order chi connectivity index (χ1) is 15.0. The normalized spacial score (nSPS) is 14.9. The maximum Gasteiger partial charge on any atom is 0.330 e. The zero-order valence-electron chi connectivity index (χ0n) is 17.6. The van der Waals surface area contributed by atoms with E-state index < -0.39 is 0 Å². The number of hydrogen-bond donors (Lipinski definition) is 1. The molecule has 0 radical (unpaired) electrons. The van der Waals surface area contributed by atoms with E-state index in [1.807, 2.05) is 26.0 Å². The third-order valence-corrected chi connectivity index (χ3v) is 6.53. The first kappa shape index (κ1) is 19.8. The average molecular weight is 438 g/mol. The van der Waals surface area contributed by atoms with E-state index in [9.17, 15) is 4.79 Å². The SMILES string of the molecule is Cc1cc(-c2cc(C)c(Nc3ncc4c(n3)n(C3CCOCC3)c(=O)n4C)cn2)sn1. The molecule has 5 rings (SSSR count). The Morgan fingerprint density at radius 3 is 2.68 bits per heavy atom. The molecule has 0 aromatic carbocycles. The summed E-state index contributed by atoms with van der Waals surface area (Å²) in [6.45, 7) is 5.29. The van der Waals surface area contributed by atoms with Crippen molar-refractivity contribution < 1.29 is 4.74 Å². The summed E-state index contributed by atoms with van der Waals surface area (Å²) in [6, 6.07) is 4.13. The van der Waals surface area contributed by atoms with Gasteiger partial charge in [-0.2, -0.15) is 9.36 Å². The molecule has 31 heavy (non-hydrogen) atoms. The number of aryl methyl sites for hydroxylation is 3. The monoisotopic (exact) mass is 437 g/mol. The van der Waals surface area contributed by atoms with Gasteiger partial charge in [0.05, 0.1) is 34.3 Å². The second kappa shape index (κ2) is 7.86. The zero-order chi connectivity index (χ0) is 21.5. The van der Waals surface area contributed by atoms with Crippen molar-refractivity contribution in [1.29, 1.82) is 0 Å². The van der Waals surface area contributed by atoms with Gasteiger partial charge in [-0.3, -0.25) is 14.1 Å². The molecule has 0 unspecified atom stereocenters. The molecule has 1 aliphatic heterocycles. The lowest BCUT2D eigenvalue weighted by Gasteiger charge is -2.22. The highest BCUT2D eigenvalue weighted by Gasteiger charge is 2.23. The summed E-state index contributed by atoms with van der Waals surface area (Å²) in [7, 11) is 1.75. The number of hydrogen-bond acceptors (Lipinski definition) is 8. The second-order valence-electron chi connectivity index (χ2n) is 7.80. The highest BCUT2D eigenvalue weighted by Crippen LogP contribution is 2.28. The standard InChI is InChI=1S/C21H23N7O2S/c1-12-8-15(18-9-13(2)26-31-18)22-10-16(12)24-20-23-11-17-19(25-20)28(21(29)27(17)3)14-4-6-30-7-5-14/h8-11,14H,4-7H2,1-3H3,(H,23,24,25). The Bertz CT molecular complexity index is 1320. The number of aromatic nitrogens is 6. The Hall–Kier alpha value is -3.11. The molecule has 4 aromatic heterocycles. The smallest absolute Gasteiger partial charge is 0.330 e. The van der Waals surface area contributed by atoms with Gasteiger partial charge in [-0.05, 0) is 55.9 Å². The Labute approximate surface area is 182 Å². The molecule has 1 fully saturated rings. The van der Waals surface area contributed by atoms with Crippen LogP contribution in [0.4, 0.5) is 11.6 Å². The van der Waals surface area contributed by atoms with Crippen molar-refractivity contribution in [2.24, 2.45) is 7.05 Å². The van der Waals surface area contributed by atoms with Gasteiger partial charge in [0, 0.05) is 26.3 Å². The van der Waals surface area contributed by atoms with Crippen molar-refractivity contribution in [2.45, 2.75) is 32.7 Å². The van der Waals surface area contributed by atoms with Crippen LogP contribution in [-0.2, 0) is 11.8 Å². The van der Waals surface area contributed by atoms with Crippen LogP contribution in [0.5, 0.6) is 0 Å². The fourth-order valence-electron chi connectivity index (χ4n) is 3.89. The summed E-state index contributed by atoms with van der Waals surface area (Å²) < 4.78 is 13.2. The van der Waals surface area contributed by atoms with Crippen molar-refractivity contribution in [3.63, 3.8) is 0 Å². The lowest BCUT2D eigenvalue weighted by Crippen LogP contribution is -2.30. The van der Waals surface area contributed by atoms with Crippen LogP contribution in [0.3, 0.4) is 0 Å². The molecule has 0 bridgehead atoms. The van der Waals surface area contributed by atoms with E-state index in [4.69, 9.17) is 9.72 Å². The largest absolute Gasteiger partial charge is 0.381 e. The minimum absolute atomic E-state index is 0.0737. The first-order valence-electron chi connectivity index (χ1n) is 10.2. The van der Waals surface area contributed by atoms with Gasteiger partial charge in [0.25, 0.3) is 0 Å². The molecule has 10 heteroatoms. The van der Waals surface area contributed by atoms with Crippen molar-refractivity contribution in [3.05, 3.63) is 46.3 Å². The van der Waals surface area contributed by atoms with Gasteiger partial charge in [0.1, 0.15) is 5.52 Å². The van der Waals surface area contributed by atoms with Crippen molar-refractivity contribution in [2.75, 3.05) is 18.5 Å². The van der Waals surface area contributed by atoms with E-state index in [0.717, 1.165) is 40.4 Å². The van der Waals surface area contributed by atoms with Crippen LogP contribution in [0.1, 0.15) is 30.1 Å². The summed E-state index contributed by atoms with van der Waals surface area (Å²) in [5.41, 5.74) is 5.00. The maximum atomic E-state index is 12.9. The number of pyridine rings is 1. The van der Waals surface area contributed by atoms with E-state index in [1.165, 1.54) is 11.5 Å². The van der Waals surface area contributed by atoms with E-state index in [0.29, 0.717) is 30.3 Å². The molecule has 0 atom stereocenters. The molecule has 0 aliphatic carbocycles. The molecule has 0 spiro atoms. The number of rotatable bonds is 4. The number of imidazole rings is 1. The van der Waals surface area contributed by atoms with E-state index in [1.54, 1.807) is 28.6 Å². The molecule has 4 aromatic rings. The van der Waals surface area contributed by atoms with E-state index in [-0.39, 0.29) is 11.7 Å². The van der Waals surface area contributed by atoms with Crippen molar-refractivity contribution in [3.8, 4) is 10.6 Å². The van der Waals surface area contributed by atoms with Crippen LogP contribution in [0, 0.1) is 13.8 Å². The Kier molecular flexibility index (Phi) is 5.03. The lowest BCUT2D eigenvalue weighted by molar-refractivity contribution is 0.0695. The Morgan fingerprint density at radius 1 is 1.16 bits per heavy atom. The fraction of sp³-hybridized carbons (Fsp3) is 0.381. The van der Waals surface area contributed by atoms with Gasteiger partial charge in [0.15, 0.2) is 5.65 Å². The van der Waals surface area contributed by atoms with Gasteiger partial charge in [-0.1, -0.05) is 0 Å². The molecule has 0 amide bonds. The summed E-state index contributed by atoms with van der Waals surface area (Å²) in [6.07, 6.45) is 5.07. The third-order valence-electron chi connectivity index (χ3n) is 5.63. The molecule has 160 valence electrons. The molecule has 1 N–H and O–H groups in total. The zero-order valence-corrected chi connectivity index (χ0v) is 18.4. The van der Waals surface area contributed by atoms with E-state index in [2.05, 4.69) is 19.7 Å². The van der Waals surface area contributed by atoms with Gasteiger partial charge in [0.2, 0.25) is 5.95 Å². The molecule has 1 aliphatic rings. The predicted octanol–water partition coefficient (Wildman–Crippen LogP) is 3.36. The quantitative estimate of drug-likeness (QED) is 0.522. The minimum atomic E-state index is -0.0737. The molecule has 9 nitrogen and oxygen atoms in total. The van der Waals surface area contributed by atoms with Crippen LogP contribution in [-0.4, -0.2) is 41.7 Å². The Balaban J connectivity index is 1.49. The minimum Gasteiger partial charge on any atom is -0.381 e. The van der Waals surface area contributed by atoms with Crippen LogP contribution >= 0.6 is 11.5 Å². The second-order valence-corrected chi connectivity index (χ2v) is 8.60. The molecular weight excluding hydrogens is 414 g/mol. The average Bonchev–Trinajstić information content (AvgIpc) is 3.31.